The Morgan fingerprint density at radius 1 is 1.27 bits per heavy atom. The van der Waals surface area contributed by atoms with Crippen LogP contribution in [-0.2, 0) is 19.1 Å². The third kappa shape index (κ3) is 8.30. The van der Waals surface area contributed by atoms with Crippen molar-refractivity contribution in [1.82, 2.24) is 10.2 Å². The lowest BCUT2D eigenvalue weighted by atomic mass is 9.86. The maximum atomic E-state index is 13.0. The van der Waals surface area contributed by atoms with Crippen molar-refractivity contribution in [3.05, 3.63) is 25.3 Å². The van der Waals surface area contributed by atoms with Crippen molar-refractivity contribution in [2.45, 2.75) is 71.4 Å². The highest BCUT2D eigenvalue weighted by Gasteiger charge is 2.33. The molecule has 0 radical (unpaired) electrons. The third-order valence-corrected chi connectivity index (χ3v) is 5.48. The largest absolute Gasteiger partial charge is 0.463 e. The number of esters is 1. The Kier molecular flexibility index (Phi) is 10.8. The first kappa shape index (κ1) is 25.9. The van der Waals surface area contributed by atoms with Crippen molar-refractivity contribution in [2.24, 2.45) is 11.3 Å². The zero-order valence-electron chi connectivity index (χ0n) is 18.7. The standard InChI is InChI=1S/C23H38N2O5/c1-6-8-12-21(28)30-16-19(23(3,4)5)24-22(29)17(10-7-2)14-20(27)25-13-9-11-18(25)15-26/h6-7,17-19,26H,1-2,8-16H2,3-5H3,(H,24,29)/t17-,18+,19-/m1/s1. The normalized spacial score (nSPS) is 18.4. The predicted molar refractivity (Wildman–Crippen MR) is 117 cm³/mol. The van der Waals surface area contributed by atoms with E-state index in [0.717, 1.165) is 12.8 Å². The fraction of sp³-hybridized carbons (Fsp3) is 0.696. The molecule has 1 heterocycles. The van der Waals surface area contributed by atoms with Gasteiger partial charge in [-0.15, -0.1) is 13.2 Å². The topological polar surface area (TPSA) is 95.9 Å². The lowest BCUT2D eigenvalue weighted by Crippen LogP contribution is -2.49. The van der Waals surface area contributed by atoms with Crippen LogP contribution in [0.4, 0.5) is 0 Å². The predicted octanol–water partition coefficient (Wildman–Crippen LogP) is 2.59. The van der Waals surface area contributed by atoms with E-state index in [-0.39, 0.29) is 55.3 Å². The molecule has 1 rings (SSSR count). The fourth-order valence-corrected chi connectivity index (χ4v) is 3.43. The van der Waals surface area contributed by atoms with E-state index in [0.29, 0.717) is 19.4 Å². The highest BCUT2D eigenvalue weighted by atomic mass is 16.5. The average Bonchev–Trinajstić information content (AvgIpc) is 3.17. The number of amides is 2. The number of aliphatic hydroxyl groups is 1. The van der Waals surface area contributed by atoms with Gasteiger partial charge in [0, 0.05) is 19.4 Å². The molecule has 0 saturated carbocycles. The van der Waals surface area contributed by atoms with Crippen molar-refractivity contribution < 1.29 is 24.2 Å². The molecule has 1 aliphatic rings. The first-order valence-electron chi connectivity index (χ1n) is 10.7. The minimum absolute atomic E-state index is 0.0599. The molecule has 7 nitrogen and oxygen atoms in total. The van der Waals surface area contributed by atoms with Crippen LogP contribution in [0.3, 0.4) is 0 Å². The molecule has 1 saturated heterocycles. The number of likely N-dealkylation sites (tertiary alicyclic amines) is 1. The second-order valence-corrected chi connectivity index (χ2v) is 8.93. The Balaban J connectivity index is 2.76. The van der Waals surface area contributed by atoms with Crippen LogP contribution in [0.1, 0.15) is 59.3 Å². The minimum atomic E-state index is -0.559. The van der Waals surface area contributed by atoms with Crippen molar-refractivity contribution >= 4 is 17.8 Å². The maximum Gasteiger partial charge on any atom is 0.306 e. The van der Waals surface area contributed by atoms with E-state index in [1.807, 2.05) is 20.8 Å². The van der Waals surface area contributed by atoms with Crippen molar-refractivity contribution in [1.29, 1.82) is 0 Å². The summed E-state index contributed by atoms with van der Waals surface area (Å²) in [5, 5.41) is 12.4. The van der Waals surface area contributed by atoms with Crippen LogP contribution in [0.25, 0.3) is 0 Å². The Morgan fingerprint density at radius 2 is 1.97 bits per heavy atom. The number of nitrogens with zero attached hydrogens (tertiary/aromatic N) is 1. The summed E-state index contributed by atoms with van der Waals surface area (Å²) >= 11 is 0. The molecule has 1 fully saturated rings. The minimum Gasteiger partial charge on any atom is -0.463 e. The highest BCUT2D eigenvalue weighted by Crippen LogP contribution is 2.23. The molecule has 0 bridgehead atoms. The van der Waals surface area contributed by atoms with Crippen LogP contribution < -0.4 is 5.32 Å². The lowest BCUT2D eigenvalue weighted by Gasteiger charge is -2.32. The smallest absolute Gasteiger partial charge is 0.306 e. The summed E-state index contributed by atoms with van der Waals surface area (Å²) in [7, 11) is 0. The van der Waals surface area contributed by atoms with Crippen LogP contribution in [0, 0.1) is 11.3 Å². The summed E-state index contributed by atoms with van der Waals surface area (Å²) in [6.45, 7) is 13.8. The van der Waals surface area contributed by atoms with Crippen LogP contribution in [0.5, 0.6) is 0 Å². The molecule has 30 heavy (non-hydrogen) atoms. The number of ether oxygens (including phenoxy) is 1. The molecule has 7 heteroatoms. The van der Waals surface area contributed by atoms with Crippen LogP contribution in [0.2, 0.25) is 0 Å². The monoisotopic (exact) mass is 422 g/mol. The summed E-state index contributed by atoms with van der Waals surface area (Å²) in [6.07, 6.45) is 6.15. The fourth-order valence-electron chi connectivity index (χ4n) is 3.43. The number of allylic oxidation sites excluding steroid dienone is 2. The second kappa shape index (κ2) is 12.5. The van der Waals surface area contributed by atoms with E-state index in [9.17, 15) is 19.5 Å². The van der Waals surface area contributed by atoms with Crippen molar-refractivity contribution in [2.75, 3.05) is 19.8 Å². The van der Waals surface area contributed by atoms with E-state index in [1.54, 1.807) is 17.1 Å². The number of hydrogen-bond acceptors (Lipinski definition) is 5. The molecule has 0 aromatic heterocycles. The summed E-state index contributed by atoms with van der Waals surface area (Å²) in [5.41, 5.74) is -0.339. The third-order valence-electron chi connectivity index (χ3n) is 5.48. The van der Waals surface area contributed by atoms with Crippen molar-refractivity contribution in [3.63, 3.8) is 0 Å². The number of aliphatic hydroxyl groups excluding tert-OH is 1. The first-order chi connectivity index (χ1) is 14.1. The Hall–Kier alpha value is -2.15. The van der Waals surface area contributed by atoms with Gasteiger partial charge in [-0.3, -0.25) is 14.4 Å². The van der Waals surface area contributed by atoms with E-state index >= 15 is 0 Å². The molecule has 0 aromatic carbocycles. The number of hydrogen-bond donors (Lipinski definition) is 2. The second-order valence-electron chi connectivity index (χ2n) is 8.93. The van der Waals surface area contributed by atoms with Crippen LogP contribution >= 0.6 is 0 Å². The molecular formula is C23H38N2O5. The Labute approximate surface area is 180 Å². The zero-order chi connectivity index (χ0) is 22.7. The number of nitrogens with one attached hydrogen (secondary N) is 1. The number of rotatable bonds is 12. The Bertz CT molecular complexity index is 611. The van der Waals surface area contributed by atoms with Gasteiger partial charge in [-0.1, -0.05) is 32.9 Å². The quantitative estimate of drug-likeness (QED) is 0.372. The molecule has 170 valence electrons. The van der Waals surface area contributed by atoms with Crippen LogP contribution in [0.15, 0.2) is 25.3 Å². The first-order valence-corrected chi connectivity index (χ1v) is 10.7. The molecule has 0 aliphatic carbocycles. The van der Waals surface area contributed by atoms with Crippen LogP contribution in [-0.4, -0.2) is 59.6 Å². The zero-order valence-corrected chi connectivity index (χ0v) is 18.7. The molecule has 0 aromatic rings. The molecule has 1 aliphatic heterocycles. The molecular weight excluding hydrogens is 384 g/mol. The highest BCUT2D eigenvalue weighted by molar-refractivity contribution is 5.86. The SMILES string of the molecule is C=CCCC(=O)OC[C@@H](NC(=O)[C@H](CC=C)CC(=O)N1CCC[C@H]1CO)C(C)(C)C. The van der Waals surface area contributed by atoms with Gasteiger partial charge < -0.3 is 20.1 Å². The Morgan fingerprint density at radius 3 is 2.53 bits per heavy atom. The van der Waals surface area contributed by atoms with E-state index < -0.39 is 12.0 Å². The molecule has 3 atom stereocenters. The number of carbonyl (C=O) groups excluding carboxylic acids is 3. The molecule has 2 N–H and O–H groups in total. The van der Waals surface area contributed by atoms with Gasteiger partial charge in [0.25, 0.3) is 0 Å². The van der Waals surface area contributed by atoms with Gasteiger partial charge >= 0.3 is 5.97 Å². The van der Waals surface area contributed by atoms with Crippen molar-refractivity contribution in [3.8, 4) is 0 Å². The van der Waals surface area contributed by atoms with Gasteiger partial charge in [-0.25, -0.2) is 0 Å². The van der Waals surface area contributed by atoms with Gasteiger partial charge in [0.05, 0.1) is 24.6 Å². The average molecular weight is 423 g/mol. The maximum absolute atomic E-state index is 13.0. The summed E-state index contributed by atoms with van der Waals surface area (Å²) in [6, 6.07) is -0.556. The molecule has 0 spiro atoms. The van der Waals surface area contributed by atoms with Gasteiger partial charge in [-0.2, -0.15) is 0 Å². The van der Waals surface area contributed by atoms with E-state index in [2.05, 4.69) is 18.5 Å². The van der Waals surface area contributed by atoms with E-state index in [4.69, 9.17) is 4.74 Å². The summed E-state index contributed by atoms with van der Waals surface area (Å²) in [5.74, 6) is -1.28. The lowest BCUT2D eigenvalue weighted by molar-refractivity contribution is -0.146. The van der Waals surface area contributed by atoms with Gasteiger partial charge in [0.15, 0.2) is 0 Å². The number of carbonyl (C=O) groups is 3. The molecule has 0 unspecified atom stereocenters. The summed E-state index contributed by atoms with van der Waals surface area (Å²) in [4.78, 5) is 39.2. The summed E-state index contributed by atoms with van der Waals surface area (Å²) < 4.78 is 5.34. The van der Waals surface area contributed by atoms with Gasteiger partial charge in [0.2, 0.25) is 11.8 Å². The van der Waals surface area contributed by atoms with Gasteiger partial charge in [-0.05, 0) is 31.1 Å². The van der Waals surface area contributed by atoms with E-state index in [1.165, 1.54) is 0 Å². The van der Waals surface area contributed by atoms with Gasteiger partial charge in [0.1, 0.15) is 6.61 Å². The molecule has 2 amide bonds.